The lowest BCUT2D eigenvalue weighted by Gasteiger charge is -2.17. The van der Waals surface area contributed by atoms with E-state index in [4.69, 9.17) is 13.6 Å². The van der Waals surface area contributed by atoms with Gasteiger partial charge < -0.3 is 18.9 Å². The molecule has 0 aliphatic carbocycles. The van der Waals surface area contributed by atoms with E-state index in [1.807, 2.05) is 19.2 Å². The molecule has 1 atom stereocenters. The number of furan rings is 1. The smallest absolute Gasteiger partial charge is 0.329 e. The molecule has 9 heteroatoms. The topological polar surface area (TPSA) is 107 Å². The molecule has 1 aromatic carbocycles. The van der Waals surface area contributed by atoms with Crippen LogP contribution in [-0.2, 0) is 16.1 Å². The number of aromatic nitrogens is 2. The molecule has 0 aliphatic rings. The summed E-state index contributed by atoms with van der Waals surface area (Å²) in [5.74, 6) is 0.578. The van der Waals surface area contributed by atoms with Crippen LogP contribution in [0.1, 0.15) is 28.2 Å². The van der Waals surface area contributed by atoms with Gasteiger partial charge in [-0.05, 0) is 49.6 Å². The second kappa shape index (κ2) is 9.92. The highest BCUT2D eigenvalue weighted by Gasteiger charge is 2.23. The number of nitrogens with one attached hydrogen (secondary N) is 1. The van der Waals surface area contributed by atoms with Crippen molar-refractivity contribution < 1.29 is 23.2 Å². The molecule has 0 fully saturated rings. The number of benzene rings is 1. The lowest BCUT2D eigenvalue weighted by molar-refractivity contribution is -0.148. The normalized spacial score (nSPS) is 11.8. The van der Waals surface area contributed by atoms with Gasteiger partial charge in [0.1, 0.15) is 6.04 Å². The maximum atomic E-state index is 12.5. The van der Waals surface area contributed by atoms with Crippen LogP contribution in [0.25, 0.3) is 11.7 Å². The van der Waals surface area contributed by atoms with Crippen LogP contribution < -0.4 is 5.32 Å². The summed E-state index contributed by atoms with van der Waals surface area (Å²) in [5, 5.41) is 10.4. The molecular formula is C20H21N3O5S. The van der Waals surface area contributed by atoms with Gasteiger partial charge in [-0.1, -0.05) is 17.7 Å². The fraction of sp³-hybridized carbons (Fsp3) is 0.300. The molecule has 0 bridgehead atoms. The predicted octanol–water partition coefficient (Wildman–Crippen LogP) is 3.23. The number of aryl methyl sites for hydroxylation is 1. The highest BCUT2D eigenvalue weighted by atomic mass is 32.2. The minimum atomic E-state index is -0.775. The Balaban J connectivity index is 1.60. The number of hydrogen-bond acceptors (Lipinski definition) is 8. The number of rotatable bonds is 9. The fourth-order valence-corrected chi connectivity index (χ4v) is 3.03. The average molecular weight is 415 g/mol. The minimum absolute atomic E-state index is 0.137. The van der Waals surface area contributed by atoms with Crippen LogP contribution in [0.3, 0.4) is 0 Å². The Morgan fingerprint density at radius 3 is 2.83 bits per heavy atom. The first kappa shape index (κ1) is 20.7. The Morgan fingerprint density at radius 1 is 1.24 bits per heavy atom. The van der Waals surface area contributed by atoms with Crippen LogP contribution in [0.15, 0.2) is 51.5 Å². The van der Waals surface area contributed by atoms with Crippen LogP contribution in [-0.4, -0.2) is 40.1 Å². The standard InChI is InChI=1S/C20H21N3O5S/c1-13-5-3-6-14(11-13)18(24)21-15(8-10-29-2)20(25)27-12-17-22-23-19(28-17)16-7-4-9-26-16/h3-7,9,11,15H,8,10,12H2,1-2H3,(H,21,24)/t15-/m1/s1. The Hall–Kier alpha value is -3.07. The summed E-state index contributed by atoms with van der Waals surface area (Å²) >= 11 is 1.58. The first-order chi connectivity index (χ1) is 14.1. The van der Waals surface area contributed by atoms with Gasteiger partial charge >= 0.3 is 5.97 Å². The van der Waals surface area contributed by atoms with Gasteiger partial charge in [-0.15, -0.1) is 10.2 Å². The Morgan fingerprint density at radius 2 is 2.10 bits per heavy atom. The molecule has 0 unspecified atom stereocenters. The van der Waals surface area contributed by atoms with Crippen molar-refractivity contribution in [2.75, 3.05) is 12.0 Å². The van der Waals surface area contributed by atoms with Gasteiger partial charge in [0.15, 0.2) is 12.4 Å². The molecule has 29 heavy (non-hydrogen) atoms. The molecule has 152 valence electrons. The Bertz CT molecular complexity index is 955. The minimum Gasteiger partial charge on any atom is -0.459 e. The van der Waals surface area contributed by atoms with Gasteiger partial charge in [0, 0.05) is 5.56 Å². The zero-order chi connectivity index (χ0) is 20.6. The quantitative estimate of drug-likeness (QED) is 0.531. The molecule has 0 saturated heterocycles. The van der Waals surface area contributed by atoms with Crippen molar-refractivity contribution in [2.45, 2.75) is 26.0 Å². The van der Waals surface area contributed by atoms with E-state index in [2.05, 4.69) is 15.5 Å². The van der Waals surface area contributed by atoms with E-state index in [0.717, 1.165) is 5.56 Å². The van der Waals surface area contributed by atoms with Crippen LogP contribution >= 0.6 is 11.8 Å². The van der Waals surface area contributed by atoms with Gasteiger partial charge in [0.25, 0.3) is 17.7 Å². The van der Waals surface area contributed by atoms with E-state index >= 15 is 0 Å². The molecule has 8 nitrogen and oxygen atoms in total. The SMILES string of the molecule is CSCC[C@@H](NC(=O)c1cccc(C)c1)C(=O)OCc1nnc(-c2ccco2)o1. The second-order valence-electron chi connectivity index (χ2n) is 6.26. The van der Waals surface area contributed by atoms with Gasteiger partial charge in [-0.25, -0.2) is 4.79 Å². The van der Waals surface area contributed by atoms with Gasteiger partial charge in [0.05, 0.1) is 6.26 Å². The summed E-state index contributed by atoms with van der Waals surface area (Å²) in [6.45, 7) is 1.71. The number of hydrogen-bond donors (Lipinski definition) is 1. The highest BCUT2D eigenvalue weighted by molar-refractivity contribution is 7.98. The fourth-order valence-electron chi connectivity index (χ4n) is 2.56. The lowest BCUT2D eigenvalue weighted by Crippen LogP contribution is -2.42. The van der Waals surface area contributed by atoms with Crippen molar-refractivity contribution in [1.82, 2.24) is 15.5 Å². The monoisotopic (exact) mass is 415 g/mol. The molecule has 0 spiro atoms. The van der Waals surface area contributed by atoms with E-state index in [1.165, 1.54) is 6.26 Å². The van der Waals surface area contributed by atoms with Gasteiger partial charge in [0.2, 0.25) is 0 Å². The van der Waals surface area contributed by atoms with E-state index in [0.29, 0.717) is 23.5 Å². The number of amides is 1. The number of carbonyl (C=O) groups excluding carboxylic acids is 2. The molecule has 0 radical (unpaired) electrons. The van der Waals surface area contributed by atoms with E-state index < -0.39 is 12.0 Å². The first-order valence-electron chi connectivity index (χ1n) is 8.96. The molecule has 1 N–H and O–H groups in total. The summed E-state index contributed by atoms with van der Waals surface area (Å²) < 4.78 is 15.9. The third-order valence-electron chi connectivity index (χ3n) is 4.02. The number of esters is 1. The third kappa shape index (κ3) is 5.71. The molecule has 2 aromatic heterocycles. The van der Waals surface area contributed by atoms with Crippen LogP contribution in [0.4, 0.5) is 0 Å². The highest BCUT2D eigenvalue weighted by Crippen LogP contribution is 2.18. The zero-order valence-corrected chi connectivity index (χ0v) is 16.9. The summed E-state index contributed by atoms with van der Waals surface area (Å²) in [6, 6.07) is 9.77. The van der Waals surface area contributed by atoms with Crippen LogP contribution in [0.2, 0.25) is 0 Å². The number of nitrogens with zero attached hydrogens (tertiary/aromatic N) is 2. The molecule has 3 rings (SSSR count). The van der Waals surface area contributed by atoms with Gasteiger partial charge in [-0.2, -0.15) is 11.8 Å². The second-order valence-corrected chi connectivity index (χ2v) is 7.25. The van der Waals surface area contributed by atoms with E-state index in [1.54, 1.807) is 42.1 Å². The molecule has 3 aromatic rings. The van der Waals surface area contributed by atoms with Crippen molar-refractivity contribution in [3.8, 4) is 11.7 Å². The van der Waals surface area contributed by atoms with Crippen molar-refractivity contribution in [3.05, 3.63) is 59.7 Å². The third-order valence-corrected chi connectivity index (χ3v) is 4.66. The van der Waals surface area contributed by atoms with Crippen molar-refractivity contribution in [3.63, 3.8) is 0 Å². The van der Waals surface area contributed by atoms with Crippen LogP contribution in [0.5, 0.6) is 0 Å². The zero-order valence-electron chi connectivity index (χ0n) is 16.1. The maximum Gasteiger partial charge on any atom is 0.329 e. The van der Waals surface area contributed by atoms with Crippen molar-refractivity contribution in [1.29, 1.82) is 0 Å². The molecule has 0 aliphatic heterocycles. The summed E-state index contributed by atoms with van der Waals surface area (Å²) in [4.78, 5) is 25.0. The average Bonchev–Trinajstić information content (AvgIpc) is 3.40. The molecule has 0 saturated carbocycles. The number of carbonyl (C=O) groups is 2. The maximum absolute atomic E-state index is 12.5. The molecule has 2 heterocycles. The van der Waals surface area contributed by atoms with E-state index in [9.17, 15) is 9.59 Å². The summed E-state index contributed by atoms with van der Waals surface area (Å²) in [6.07, 6.45) is 3.87. The summed E-state index contributed by atoms with van der Waals surface area (Å²) in [7, 11) is 0. The predicted molar refractivity (Wildman–Crippen MR) is 107 cm³/mol. The van der Waals surface area contributed by atoms with E-state index in [-0.39, 0.29) is 24.3 Å². The van der Waals surface area contributed by atoms with Crippen molar-refractivity contribution in [2.24, 2.45) is 0 Å². The first-order valence-corrected chi connectivity index (χ1v) is 10.4. The Kier molecular flexibility index (Phi) is 7.07. The summed E-state index contributed by atoms with van der Waals surface area (Å²) in [5.41, 5.74) is 1.46. The molecular weight excluding hydrogens is 394 g/mol. The van der Waals surface area contributed by atoms with Crippen LogP contribution in [0, 0.1) is 6.92 Å². The van der Waals surface area contributed by atoms with Gasteiger partial charge in [-0.3, -0.25) is 4.79 Å². The number of ether oxygens (including phenoxy) is 1. The largest absolute Gasteiger partial charge is 0.459 e. The number of thioether (sulfide) groups is 1. The lowest BCUT2D eigenvalue weighted by atomic mass is 10.1. The molecule has 1 amide bonds. The Labute approximate surface area is 172 Å². The van der Waals surface area contributed by atoms with Crippen molar-refractivity contribution >= 4 is 23.6 Å².